The third kappa shape index (κ3) is 4.50. The van der Waals surface area contributed by atoms with E-state index in [0.717, 1.165) is 26.1 Å². The molecule has 1 fully saturated rings. The summed E-state index contributed by atoms with van der Waals surface area (Å²) in [5, 5.41) is 5.67. The van der Waals surface area contributed by atoms with Crippen LogP contribution in [0.5, 0.6) is 0 Å². The van der Waals surface area contributed by atoms with Gasteiger partial charge in [0, 0.05) is 43.8 Å². The summed E-state index contributed by atoms with van der Waals surface area (Å²) in [7, 11) is 0. The Morgan fingerprint density at radius 2 is 2.13 bits per heavy atom. The number of nitrogens with one attached hydrogen (secondary N) is 2. The number of anilines is 1. The quantitative estimate of drug-likeness (QED) is 0.912. The number of amides is 2. The van der Waals surface area contributed by atoms with Gasteiger partial charge >= 0.3 is 6.03 Å². The molecule has 6 heteroatoms. The van der Waals surface area contributed by atoms with E-state index in [4.69, 9.17) is 0 Å². The van der Waals surface area contributed by atoms with Crippen molar-refractivity contribution < 1.29 is 9.18 Å². The zero-order valence-corrected chi connectivity index (χ0v) is 12.7. The molecular formula is C17H19FN4O. The minimum absolute atomic E-state index is 0.118. The topological polar surface area (TPSA) is 57.3 Å². The molecular weight excluding hydrogens is 295 g/mol. The van der Waals surface area contributed by atoms with E-state index in [0.29, 0.717) is 5.69 Å². The van der Waals surface area contributed by atoms with Crippen molar-refractivity contribution in [3.8, 4) is 0 Å². The Hall–Kier alpha value is -2.47. The minimum atomic E-state index is -0.321. The summed E-state index contributed by atoms with van der Waals surface area (Å²) in [5.74, 6) is -0.321. The maximum atomic E-state index is 12.8. The Bertz CT molecular complexity index is 647. The molecule has 2 amide bonds. The lowest BCUT2D eigenvalue weighted by Crippen LogP contribution is -2.39. The molecule has 2 N–H and O–H groups in total. The van der Waals surface area contributed by atoms with Gasteiger partial charge in [0.2, 0.25) is 0 Å². The lowest BCUT2D eigenvalue weighted by atomic mass is 10.2. The maximum absolute atomic E-state index is 12.8. The van der Waals surface area contributed by atoms with E-state index in [1.54, 1.807) is 6.20 Å². The fraction of sp³-hybridized carbons (Fsp3) is 0.294. The van der Waals surface area contributed by atoms with Crippen LogP contribution in [0.25, 0.3) is 0 Å². The predicted molar refractivity (Wildman–Crippen MR) is 86.5 cm³/mol. The lowest BCUT2D eigenvalue weighted by Gasteiger charge is -2.17. The minimum Gasteiger partial charge on any atom is -0.334 e. The van der Waals surface area contributed by atoms with Crippen LogP contribution in [0.3, 0.4) is 0 Å². The number of pyridine rings is 1. The first-order valence-corrected chi connectivity index (χ1v) is 7.63. The Balaban J connectivity index is 1.46. The number of urea groups is 1. The second-order valence-corrected chi connectivity index (χ2v) is 5.69. The van der Waals surface area contributed by atoms with Crippen LogP contribution >= 0.6 is 0 Å². The van der Waals surface area contributed by atoms with Crippen LogP contribution in [-0.2, 0) is 6.54 Å². The van der Waals surface area contributed by atoms with Crippen molar-refractivity contribution in [1.82, 2.24) is 15.2 Å². The molecule has 23 heavy (non-hydrogen) atoms. The molecule has 1 atom stereocenters. The molecule has 1 aromatic heterocycles. The van der Waals surface area contributed by atoms with Crippen LogP contribution in [0, 0.1) is 5.82 Å². The summed E-state index contributed by atoms with van der Waals surface area (Å²) in [6, 6.07) is 9.56. The van der Waals surface area contributed by atoms with Crippen LogP contribution in [-0.4, -0.2) is 35.0 Å². The van der Waals surface area contributed by atoms with Crippen LogP contribution in [0.1, 0.15) is 12.0 Å². The first kappa shape index (κ1) is 15.4. The number of likely N-dealkylation sites (tertiary alicyclic amines) is 1. The molecule has 1 aliphatic rings. The molecule has 2 aromatic rings. The van der Waals surface area contributed by atoms with Gasteiger partial charge in [0.15, 0.2) is 0 Å². The van der Waals surface area contributed by atoms with Crippen LogP contribution < -0.4 is 10.6 Å². The summed E-state index contributed by atoms with van der Waals surface area (Å²) in [5.41, 5.74) is 1.75. The summed E-state index contributed by atoms with van der Waals surface area (Å²) >= 11 is 0. The monoisotopic (exact) mass is 314 g/mol. The maximum Gasteiger partial charge on any atom is 0.319 e. The molecule has 3 rings (SSSR count). The van der Waals surface area contributed by atoms with E-state index in [2.05, 4.69) is 26.6 Å². The number of halogens is 1. The largest absolute Gasteiger partial charge is 0.334 e. The van der Waals surface area contributed by atoms with Gasteiger partial charge in [-0.15, -0.1) is 0 Å². The third-order valence-corrected chi connectivity index (χ3v) is 3.84. The van der Waals surface area contributed by atoms with Gasteiger partial charge in [-0.25, -0.2) is 9.18 Å². The van der Waals surface area contributed by atoms with E-state index in [1.165, 1.54) is 29.8 Å². The molecule has 5 nitrogen and oxygen atoms in total. The number of nitrogens with zero attached hydrogens (tertiary/aromatic N) is 2. The first-order valence-electron chi connectivity index (χ1n) is 7.63. The van der Waals surface area contributed by atoms with Gasteiger partial charge in [-0.05, 0) is 42.3 Å². The third-order valence-electron chi connectivity index (χ3n) is 3.84. The molecule has 0 aliphatic carbocycles. The second-order valence-electron chi connectivity index (χ2n) is 5.69. The molecule has 2 heterocycles. The Morgan fingerprint density at radius 1 is 1.30 bits per heavy atom. The van der Waals surface area contributed by atoms with Crippen molar-refractivity contribution in [3.63, 3.8) is 0 Å². The van der Waals surface area contributed by atoms with Gasteiger partial charge < -0.3 is 10.6 Å². The molecule has 0 spiro atoms. The zero-order valence-electron chi connectivity index (χ0n) is 12.7. The smallest absolute Gasteiger partial charge is 0.319 e. The van der Waals surface area contributed by atoms with Gasteiger partial charge in [-0.1, -0.05) is 6.07 Å². The Kier molecular flexibility index (Phi) is 4.83. The second kappa shape index (κ2) is 7.19. The molecule has 1 aliphatic heterocycles. The molecule has 0 unspecified atom stereocenters. The van der Waals surface area contributed by atoms with Gasteiger partial charge in [0.25, 0.3) is 0 Å². The van der Waals surface area contributed by atoms with Gasteiger partial charge in [-0.3, -0.25) is 9.88 Å². The van der Waals surface area contributed by atoms with Crippen molar-refractivity contribution in [2.24, 2.45) is 0 Å². The standard InChI is InChI=1S/C17H19FN4O/c18-14-3-5-15(6-4-14)20-17(23)21-16-7-9-22(12-16)11-13-2-1-8-19-10-13/h1-6,8,10,16H,7,9,11-12H2,(H2,20,21,23)/t16-/m1/s1. The van der Waals surface area contributed by atoms with Crippen LogP contribution in [0.4, 0.5) is 14.9 Å². The number of carbonyl (C=O) groups excluding carboxylic acids is 1. The highest BCUT2D eigenvalue weighted by Gasteiger charge is 2.23. The summed E-state index contributed by atoms with van der Waals surface area (Å²) in [4.78, 5) is 18.4. The number of benzene rings is 1. The van der Waals surface area contributed by atoms with Crippen LogP contribution in [0.15, 0.2) is 48.8 Å². The van der Waals surface area contributed by atoms with E-state index in [9.17, 15) is 9.18 Å². The van der Waals surface area contributed by atoms with Crippen molar-refractivity contribution in [2.45, 2.75) is 19.0 Å². The summed E-state index contributed by atoms with van der Waals surface area (Å²) in [6.07, 6.45) is 4.54. The molecule has 0 bridgehead atoms. The van der Waals surface area contributed by atoms with Crippen molar-refractivity contribution in [2.75, 3.05) is 18.4 Å². The molecule has 0 radical (unpaired) electrons. The van der Waals surface area contributed by atoms with Crippen molar-refractivity contribution in [3.05, 3.63) is 60.2 Å². The summed E-state index contributed by atoms with van der Waals surface area (Å²) < 4.78 is 12.8. The van der Waals surface area contributed by atoms with Gasteiger partial charge in [0.05, 0.1) is 0 Å². The average Bonchev–Trinajstić information content (AvgIpc) is 2.97. The van der Waals surface area contributed by atoms with Crippen molar-refractivity contribution >= 4 is 11.7 Å². The molecule has 120 valence electrons. The lowest BCUT2D eigenvalue weighted by molar-refractivity contribution is 0.247. The first-order chi connectivity index (χ1) is 11.2. The summed E-state index contributed by atoms with van der Waals surface area (Å²) in [6.45, 7) is 2.59. The fourth-order valence-electron chi connectivity index (χ4n) is 2.73. The normalized spacial score (nSPS) is 17.9. The van der Waals surface area contributed by atoms with Crippen molar-refractivity contribution in [1.29, 1.82) is 0 Å². The number of aromatic nitrogens is 1. The highest BCUT2D eigenvalue weighted by molar-refractivity contribution is 5.89. The number of hydrogen-bond donors (Lipinski definition) is 2. The average molecular weight is 314 g/mol. The fourth-order valence-corrected chi connectivity index (χ4v) is 2.73. The van der Waals surface area contributed by atoms with Gasteiger partial charge in [-0.2, -0.15) is 0 Å². The Morgan fingerprint density at radius 3 is 2.87 bits per heavy atom. The SMILES string of the molecule is O=C(Nc1ccc(F)cc1)N[C@@H]1CCN(Cc2cccnc2)C1. The predicted octanol–water partition coefficient (Wildman–Crippen LogP) is 2.62. The Labute approximate surface area is 134 Å². The highest BCUT2D eigenvalue weighted by atomic mass is 19.1. The highest BCUT2D eigenvalue weighted by Crippen LogP contribution is 2.13. The molecule has 1 aromatic carbocycles. The number of hydrogen-bond acceptors (Lipinski definition) is 3. The van der Waals surface area contributed by atoms with Crippen LogP contribution in [0.2, 0.25) is 0 Å². The zero-order chi connectivity index (χ0) is 16.1. The molecule has 1 saturated heterocycles. The molecule has 0 saturated carbocycles. The van der Waals surface area contributed by atoms with E-state index < -0.39 is 0 Å². The number of carbonyl (C=O) groups is 1. The van der Waals surface area contributed by atoms with E-state index in [1.807, 2.05) is 12.3 Å². The number of rotatable bonds is 4. The van der Waals surface area contributed by atoms with Gasteiger partial charge in [0.1, 0.15) is 5.82 Å². The van der Waals surface area contributed by atoms with E-state index in [-0.39, 0.29) is 17.9 Å². The van der Waals surface area contributed by atoms with E-state index >= 15 is 0 Å².